The Morgan fingerprint density at radius 1 is 0.500 bits per heavy atom. The summed E-state index contributed by atoms with van der Waals surface area (Å²) in [5.74, 6) is 0. The van der Waals surface area contributed by atoms with Crippen LogP contribution in [0.1, 0.15) is 49.9 Å². The second-order valence-corrected chi connectivity index (χ2v) is 4.13. The molecule has 0 saturated heterocycles. The van der Waals surface area contributed by atoms with E-state index in [0.717, 1.165) is 22.3 Å². The Labute approximate surface area is 136 Å². The van der Waals surface area contributed by atoms with E-state index < -0.39 is 0 Å². The fourth-order valence-electron chi connectivity index (χ4n) is 2.13. The smallest absolute Gasteiger partial charge is 0.0171 e. The minimum absolute atomic E-state index is 1.10. The van der Waals surface area contributed by atoms with Gasteiger partial charge in [-0.2, -0.15) is 0 Å². The molecule has 0 nitrogen and oxygen atoms in total. The van der Waals surface area contributed by atoms with Gasteiger partial charge in [-0.25, -0.2) is 0 Å². The highest BCUT2D eigenvalue weighted by Crippen LogP contribution is 2.26. The van der Waals surface area contributed by atoms with Crippen molar-refractivity contribution < 1.29 is 0 Å². The van der Waals surface area contributed by atoms with E-state index in [0.29, 0.717) is 0 Å². The zero-order valence-electron chi connectivity index (χ0n) is 14.4. The predicted molar refractivity (Wildman–Crippen MR) is 107 cm³/mol. The Hall–Kier alpha value is -2.34. The van der Waals surface area contributed by atoms with Crippen LogP contribution < -0.4 is 0 Å². The minimum Gasteiger partial charge on any atom is -0.0984 e. The van der Waals surface area contributed by atoms with Gasteiger partial charge in [0, 0.05) is 0 Å². The van der Waals surface area contributed by atoms with E-state index in [1.165, 1.54) is 10.8 Å². The summed E-state index contributed by atoms with van der Waals surface area (Å²) in [7, 11) is 0. The molecule has 0 heteroatoms. The average molecular weight is 292 g/mol. The van der Waals surface area contributed by atoms with Crippen LogP contribution >= 0.6 is 0 Å². The van der Waals surface area contributed by atoms with E-state index in [2.05, 4.69) is 50.6 Å². The Balaban J connectivity index is 0.00000102. The highest BCUT2D eigenvalue weighted by atomic mass is 14.1. The van der Waals surface area contributed by atoms with Crippen LogP contribution in [0.25, 0.3) is 35.1 Å². The molecule has 0 fully saturated rings. The van der Waals surface area contributed by atoms with Crippen molar-refractivity contribution in [3.63, 3.8) is 0 Å². The summed E-state index contributed by atoms with van der Waals surface area (Å²) >= 11 is 0. The zero-order chi connectivity index (χ0) is 17.1. The van der Waals surface area contributed by atoms with Crippen molar-refractivity contribution in [3.8, 4) is 0 Å². The number of rotatable bonds is 4. The molecule has 22 heavy (non-hydrogen) atoms. The van der Waals surface area contributed by atoms with Gasteiger partial charge in [-0.1, -0.05) is 78.3 Å². The first-order valence-corrected chi connectivity index (χ1v) is 7.85. The number of hydrogen-bond donors (Lipinski definition) is 0. The number of fused-ring (bicyclic) bond motifs is 1. The molecule has 0 unspecified atom stereocenters. The predicted octanol–water partition coefficient (Wildman–Crippen LogP) is 7.46. The summed E-state index contributed by atoms with van der Waals surface area (Å²) < 4.78 is 0. The lowest BCUT2D eigenvalue weighted by molar-refractivity contribution is 1.50. The van der Waals surface area contributed by atoms with Gasteiger partial charge in [0.05, 0.1) is 0 Å². The van der Waals surface area contributed by atoms with Gasteiger partial charge in [0.1, 0.15) is 0 Å². The Morgan fingerprint density at radius 2 is 0.682 bits per heavy atom. The minimum atomic E-state index is 1.10. The first-order valence-electron chi connectivity index (χ1n) is 7.85. The molecule has 0 aromatic heterocycles. The molecule has 0 amide bonds. The summed E-state index contributed by atoms with van der Waals surface area (Å²) in [5.41, 5.74) is 4.38. The molecule has 2 aromatic rings. The van der Waals surface area contributed by atoms with Crippen molar-refractivity contribution in [1.82, 2.24) is 0 Å². The molecule has 0 bridgehead atoms. The van der Waals surface area contributed by atoms with Gasteiger partial charge in [0.25, 0.3) is 0 Å². The fraction of sp³-hybridized carbons (Fsp3) is 0.182. The molecule has 0 aliphatic heterocycles. The van der Waals surface area contributed by atoms with Gasteiger partial charge in [-0.3, -0.25) is 0 Å². The van der Waals surface area contributed by atoms with Crippen LogP contribution in [-0.4, -0.2) is 0 Å². The first-order chi connectivity index (χ1) is 10.7. The second-order valence-electron chi connectivity index (χ2n) is 4.13. The van der Waals surface area contributed by atoms with Gasteiger partial charge in [0.15, 0.2) is 0 Å². The zero-order valence-corrected chi connectivity index (χ0v) is 14.4. The highest BCUT2D eigenvalue weighted by Gasteiger charge is 2.03. The summed E-state index contributed by atoms with van der Waals surface area (Å²) in [6.07, 6.45) is 7.41. The second kappa shape index (κ2) is 10.4. The van der Waals surface area contributed by atoms with Crippen LogP contribution in [-0.2, 0) is 0 Å². The van der Waals surface area contributed by atoms with E-state index in [-0.39, 0.29) is 0 Å². The Kier molecular flexibility index (Phi) is 9.29. The van der Waals surface area contributed by atoms with Crippen molar-refractivity contribution in [2.24, 2.45) is 0 Å². The average Bonchev–Trinajstić information content (AvgIpc) is 2.62. The van der Waals surface area contributed by atoms with E-state index in [1.54, 1.807) is 0 Å². The van der Waals surface area contributed by atoms with Crippen molar-refractivity contribution in [2.75, 3.05) is 0 Å². The van der Waals surface area contributed by atoms with E-state index in [4.69, 9.17) is 0 Å². The molecule has 0 radical (unpaired) electrons. The van der Waals surface area contributed by atoms with Gasteiger partial charge in [-0.15, -0.1) is 0 Å². The molecule has 0 saturated carbocycles. The largest absolute Gasteiger partial charge is 0.0984 e. The molecule has 2 aromatic carbocycles. The fourth-order valence-corrected chi connectivity index (χ4v) is 2.13. The molecule has 0 atom stereocenters. The van der Waals surface area contributed by atoms with E-state index in [9.17, 15) is 0 Å². The lowest BCUT2D eigenvalue weighted by Gasteiger charge is -2.08. The van der Waals surface area contributed by atoms with Crippen LogP contribution in [0.15, 0.2) is 50.6 Å². The maximum atomic E-state index is 3.84. The lowest BCUT2D eigenvalue weighted by Crippen LogP contribution is -1.86. The first kappa shape index (κ1) is 19.7. The molecule has 2 rings (SSSR count). The molecule has 0 spiro atoms. The number of hydrogen-bond acceptors (Lipinski definition) is 0. The van der Waals surface area contributed by atoms with Gasteiger partial charge >= 0.3 is 0 Å². The van der Waals surface area contributed by atoms with Crippen LogP contribution in [0.3, 0.4) is 0 Å². The van der Waals surface area contributed by atoms with Gasteiger partial charge < -0.3 is 0 Å². The Bertz CT molecular complexity index is 544. The molecule has 0 N–H and O–H groups in total. The standard InChI is InChI=1S/C18H16.2C2H6/c1-5-13-9-17-11-15(7-3)16(8-4)12-18(17)10-14(13)6-2;2*1-2/h5-12H,1-4H2;2*1-2H3. The number of benzene rings is 2. The van der Waals surface area contributed by atoms with Crippen molar-refractivity contribution >= 4 is 35.1 Å². The third-order valence-electron chi connectivity index (χ3n) is 3.12. The Morgan fingerprint density at radius 3 is 0.818 bits per heavy atom. The lowest BCUT2D eigenvalue weighted by atomic mass is 9.96. The maximum absolute atomic E-state index is 3.84. The summed E-state index contributed by atoms with van der Waals surface area (Å²) in [4.78, 5) is 0. The molecule has 116 valence electrons. The summed E-state index contributed by atoms with van der Waals surface area (Å²) in [6, 6.07) is 8.50. The van der Waals surface area contributed by atoms with E-state index >= 15 is 0 Å². The highest BCUT2D eigenvalue weighted by molar-refractivity contribution is 5.92. The SMILES string of the molecule is C=Cc1cc2cc(C=C)c(C=C)cc2cc1C=C.CC.CC. The third-order valence-corrected chi connectivity index (χ3v) is 3.12. The maximum Gasteiger partial charge on any atom is -0.0171 e. The van der Waals surface area contributed by atoms with E-state index in [1.807, 2.05) is 52.0 Å². The molecule has 0 aliphatic rings. The summed E-state index contributed by atoms with van der Waals surface area (Å²) in [5, 5.41) is 2.35. The topological polar surface area (TPSA) is 0 Å². The normalized spacial score (nSPS) is 8.73. The molecular formula is C22H28. The van der Waals surface area contributed by atoms with Crippen LogP contribution in [0, 0.1) is 0 Å². The van der Waals surface area contributed by atoms with Gasteiger partial charge in [-0.05, 0) is 57.3 Å². The summed E-state index contributed by atoms with van der Waals surface area (Å²) in [6.45, 7) is 23.4. The molecule has 0 aliphatic carbocycles. The van der Waals surface area contributed by atoms with Crippen molar-refractivity contribution in [1.29, 1.82) is 0 Å². The third kappa shape index (κ3) is 4.33. The molecular weight excluding hydrogens is 264 g/mol. The molecule has 0 heterocycles. The monoisotopic (exact) mass is 292 g/mol. The quantitative estimate of drug-likeness (QED) is 0.548. The van der Waals surface area contributed by atoms with Crippen LogP contribution in [0.2, 0.25) is 0 Å². The van der Waals surface area contributed by atoms with Crippen molar-refractivity contribution in [3.05, 3.63) is 72.8 Å². The van der Waals surface area contributed by atoms with Crippen molar-refractivity contribution in [2.45, 2.75) is 27.7 Å². The van der Waals surface area contributed by atoms with Crippen LogP contribution in [0.4, 0.5) is 0 Å². The van der Waals surface area contributed by atoms with Crippen LogP contribution in [0.5, 0.6) is 0 Å². The van der Waals surface area contributed by atoms with Gasteiger partial charge in [0.2, 0.25) is 0 Å².